The number of benzene rings is 3. The van der Waals surface area contributed by atoms with Crippen molar-refractivity contribution in [1.29, 1.82) is 0 Å². The average Bonchev–Trinajstić information content (AvgIpc) is 3.04. The molecule has 0 saturated carbocycles. The molecular weight excluding hydrogens is 364 g/mol. The maximum atomic E-state index is 6.19. The molecule has 4 aromatic rings. The molecule has 0 amide bonds. The van der Waals surface area contributed by atoms with Crippen LogP contribution in [0.5, 0.6) is 0 Å². The maximum absolute atomic E-state index is 6.19. The average molecular weight is 399 g/mol. The first kappa shape index (κ1) is 20.7. The molecule has 0 aliphatic carbocycles. The summed E-state index contributed by atoms with van der Waals surface area (Å²) in [5, 5.41) is 2.47. The zero-order valence-corrected chi connectivity index (χ0v) is 19.7. The summed E-state index contributed by atoms with van der Waals surface area (Å²) in [7, 11) is 0. The van der Waals surface area contributed by atoms with E-state index in [0.717, 1.165) is 11.2 Å². The second-order valence-electron chi connectivity index (χ2n) is 11.0. The van der Waals surface area contributed by atoms with Crippen molar-refractivity contribution < 1.29 is 4.42 Å². The highest BCUT2D eigenvalue weighted by Crippen LogP contribution is 2.42. The van der Waals surface area contributed by atoms with Gasteiger partial charge in [0, 0.05) is 10.8 Å². The minimum atomic E-state index is 0.0977. The van der Waals surface area contributed by atoms with Crippen molar-refractivity contribution >= 4 is 21.9 Å². The largest absolute Gasteiger partial charge is 0.456 e. The summed E-state index contributed by atoms with van der Waals surface area (Å²) in [4.78, 5) is 0. The minimum Gasteiger partial charge on any atom is -0.456 e. The number of hydrogen-bond donors (Lipinski definition) is 0. The molecule has 0 saturated heterocycles. The van der Waals surface area contributed by atoms with Crippen LogP contribution in [0.4, 0.5) is 0 Å². The molecule has 4 rings (SSSR count). The Kier molecular flexibility index (Phi) is 4.84. The predicted octanol–water partition coefficient (Wildman–Crippen LogP) is 8.97. The highest BCUT2D eigenvalue weighted by atomic mass is 16.3. The summed E-state index contributed by atoms with van der Waals surface area (Å²) >= 11 is 0. The number of rotatable bonds is 2. The molecule has 1 heterocycles. The van der Waals surface area contributed by atoms with Gasteiger partial charge in [-0.3, -0.25) is 0 Å². The van der Waals surface area contributed by atoms with Crippen molar-refractivity contribution in [2.24, 2.45) is 0 Å². The lowest BCUT2D eigenvalue weighted by Crippen LogP contribution is -2.16. The first-order valence-electron chi connectivity index (χ1n) is 11.1. The van der Waals surface area contributed by atoms with Gasteiger partial charge in [0.05, 0.1) is 0 Å². The molecule has 1 aromatic heterocycles. The Balaban J connectivity index is 2.08. The lowest BCUT2D eigenvalue weighted by Gasteiger charge is -2.27. The van der Waals surface area contributed by atoms with E-state index in [1.807, 2.05) is 6.07 Å². The fraction of sp³-hybridized carbons (Fsp3) is 0.379. The molecule has 1 nitrogen and oxygen atoms in total. The van der Waals surface area contributed by atoms with Crippen molar-refractivity contribution in [2.75, 3.05) is 0 Å². The van der Waals surface area contributed by atoms with Crippen LogP contribution in [0.15, 0.2) is 59.0 Å². The molecule has 0 N–H and O–H groups in total. The summed E-state index contributed by atoms with van der Waals surface area (Å²) in [5.41, 5.74) is 8.92. The number of furan rings is 1. The summed E-state index contributed by atoms with van der Waals surface area (Å²) in [6, 6.07) is 20.0. The van der Waals surface area contributed by atoms with E-state index in [9.17, 15) is 0 Å². The first-order chi connectivity index (χ1) is 14.0. The van der Waals surface area contributed by atoms with Crippen LogP contribution >= 0.6 is 0 Å². The van der Waals surface area contributed by atoms with Crippen molar-refractivity contribution in [1.82, 2.24) is 0 Å². The molecule has 30 heavy (non-hydrogen) atoms. The van der Waals surface area contributed by atoms with Crippen molar-refractivity contribution in [2.45, 2.75) is 72.1 Å². The topological polar surface area (TPSA) is 13.1 Å². The van der Waals surface area contributed by atoms with Crippen molar-refractivity contribution in [3.8, 4) is 11.1 Å². The summed E-state index contributed by atoms with van der Waals surface area (Å²) in [6.45, 7) is 18.4. The molecule has 1 heteroatoms. The van der Waals surface area contributed by atoms with E-state index < -0.39 is 0 Å². The van der Waals surface area contributed by atoms with Crippen LogP contribution in [-0.4, -0.2) is 0 Å². The fourth-order valence-electron chi connectivity index (χ4n) is 4.34. The Morgan fingerprint density at radius 3 is 1.87 bits per heavy atom. The quantitative estimate of drug-likeness (QED) is 0.328. The zero-order valence-electron chi connectivity index (χ0n) is 19.7. The minimum absolute atomic E-state index is 0.0977. The Morgan fingerprint density at radius 1 is 0.700 bits per heavy atom. The summed E-state index contributed by atoms with van der Waals surface area (Å²) < 4.78 is 6.19. The van der Waals surface area contributed by atoms with Crippen LogP contribution in [-0.2, 0) is 10.8 Å². The lowest BCUT2D eigenvalue weighted by molar-refractivity contribution is 0.569. The molecular formula is C29H34O. The Bertz CT molecular complexity index is 1190. The SMILES string of the molecule is CC(C)c1c(-c2cc(C(C)(C)C)cc(C(C)(C)C)c2)ccc2oc3ccccc3c12. The lowest BCUT2D eigenvalue weighted by atomic mass is 9.78. The summed E-state index contributed by atoms with van der Waals surface area (Å²) in [6.07, 6.45) is 0. The van der Waals surface area contributed by atoms with Gasteiger partial charge < -0.3 is 4.42 Å². The van der Waals surface area contributed by atoms with Crippen LogP contribution < -0.4 is 0 Å². The molecule has 156 valence electrons. The van der Waals surface area contributed by atoms with E-state index in [-0.39, 0.29) is 10.8 Å². The third kappa shape index (κ3) is 3.55. The van der Waals surface area contributed by atoms with Gasteiger partial charge in [0.15, 0.2) is 0 Å². The van der Waals surface area contributed by atoms with E-state index in [1.54, 1.807) is 0 Å². The van der Waals surface area contributed by atoms with Gasteiger partial charge in [-0.1, -0.05) is 97.9 Å². The van der Waals surface area contributed by atoms with Gasteiger partial charge in [0.2, 0.25) is 0 Å². The normalized spacial score (nSPS) is 13.0. The first-order valence-corrected chi connectivity index (χ1v) is 11.1. The highest BCUT2D eigenvalue weighted by molar-refractivity contribution is 6.09. The summed E-state index contributed by atoms with van der Waals surface area (Å²) in [5.74, 6) is 0.390. The monoisotopic (exact) mass is 398 g/mol. The Labute approximate surface area is 181 Å². The Morgan fingerprint density at radius 2 is 1.30 bits per heavy atom. The fourth-order valence-corrected chi connectivity index (χ4v) is 4.34. The standard InChI is InChI=1S/C29H34O/c1-18(2)26-22(13-14-25-27(26)23-11-9-10-12-24(23)30-25)19-15-20(28(3,4)5)17-21(16-19)29(6,7)8/h9-18H,1-8H3. The number of hydrogen-bond acceptors (Lipinski definition) is 1. The van der Waals surface area contributed by atoms with Gasteiger partial charge >= 0.3 is 0 Å². The zero-order chi connectivity index (χ0) is 21.8. The van der Waals surface area contributed by atoms with Crippen molar-refractivity contribution in [3.05, 3.63) is 71.3 Å². The second kappa shape index (κ2) is 7.01. The molecule has 0 unspecified atom stereocenters. The van der Waals surface area contributed by atoms with Crippen LogP contribution in [0, 0.1) is 0 Å². The molecule has 0 atom stereocenters. The van der Waals surface area contributed by atoms with Crippen LogP contribution in [0.25, 0.3) is 33.1 Å². The van der Waals surface area contributed by atoms with Crippen molar-refractivity contribution in [3.63, 3.8) is 0 Å². The van der Waals surface area contributed by atoms with E-state index in [4.69, 9.17) is 4.42 Å². The molecule has 3 aromatic carbocycles. The van der Waals surface area contributed by atoms with Gasteiger partial charge in [-0.05, 0) is 56.7 Å². The molecule has 0 aliphatic rings. The molecule has 0 spiro atoms. The molecule has 0 aliphatic heterocycles. The number of para-hydroxylation sites is 1. The third-order valence-electron chi connectivity index (χ3n) is 6.14. The van der Waals surface area contributed by atoms with Gasteiger partial charge in [-0.15, -0.1) is 0 Å². The van der Waals surface area contributed by atoms with Gasteiger partial charge in [0.25, 0.3) is 0 Å². The molecule has 0 fully saturated rings. The van der Waals surface area contributed by atoms with E-state index >= 15 is 0 Å². The third-order valence-corrected chi connectivity index (χ3v) is 6.14. The number of fused-ring (bicyclic) bond motifs is 3. The van der Waals surface area contributed by atoms with Gasteiger partial charge in [-0.2, -0.15) is 0 Å². The van der Waals surface area contributed by atoms with Gasteiger partial charge in [-0.25, -0.2) is 0 Å². The smallest absolute Gasteiger partial charge is 0.135 e. The Hall–Kier alpha value is -2.54. The van der Waals surface area contributed by atoms with E-state index in [2.05, 4.69) is 104 Å². The predicted molar refractivity (Wildman–Crippen MR) is 131 cm³/mol. The van der Waals surface area contributed by atoms with Crippen LogP contribution in [0.1, 0.15) is 78.0 Å². The van der Waals surface area contributed by atoms with Gasteiger partial charge in [0.1, 0.15) is 11.2 Å². The van der Waals surface area contributed by atoms with Crippen LogP contribution in [0.2, 0.25) is 0 Å². The van der Waals surface area contributed by atoms with E-state index in [1.165, 1.54) is 38.6 Å². The maximum Gasteiger partial charge on any atom is 0.135 e. The van der Waals surface area contributed by atoms with E-state index in [0.29, 0.717) is 5.92 Å². The second-order valence-corrected chi connectivity index (χ2v) is 11.0. The highest BCUT2D eigenvalue weighted by Gasteiger charge is 2.23. The molecule has 0 radical (unpaired) electrons. The van der Waals surface area contributed by atoms with Crippen LogP contribution in [0.3, 0.4) is 0 Å². The molecule has 0 bridgehead atoms.